The molecule has 0 radical (unpaired) electrons. The Hall–Kier alpha value is -1.44. The van der Waals surface area contributed by atoms with Crippen LogP contribution in [0.5, 0.6) is 5.75 Å². The van der Waals surface area contributed by atoms with E-state index in [-0.39, 0.29) is 5.75 Å². The molecule has 0 aliphatic heterocycles. The van der Waals surface area contributed by atoms with Crippen LogP contribution in [0.25, 0.3) is 17.2 Å². The van der Waals surface area contributed by atoms with Crippen molar-refractivity contribution < 1.29 is 5.11 Å². The Bertz CT molecular complexity index is 603. The van der Waals surface area contributed by atoms with Crippen molar-refractivity contribution in [2.75, 3.05) is 0 Å². The Morgan fingerprint density at radius 1 is 1.00 bits per heavy atom. The second-order valence-corrected chi connectivity index (χ2v) is 4.65. The van der Waals surface area contributed by atoms with Gasteiger partial charge in [-0.3, -0.25) is 0 Å². The SMILES string of the molecule is C/C=C/c1ccc(Cl)c(-c2ccccc2Cl)c1O. The zero-order valence-corrected chi connectivity index (χ0v) is 11.3. The maximum Gasteiger partial charge on any atom is 0.132 e. The summed E-state index contributed by atoms with van der Waals surface area (Å²) in [6, 6.07) is 10.8. The number of rotatable bonds is 2. The molecule has 0 aliphatic carbocycles. The van der Waals surface area contributed by atoms with Crippen molar-refractivity contribution >= 4 is 29.3 Å². The molecule has 2 rings (SSSR count). The molecule has 0 fully saturated rings. The number of hydrogen-bond donors (Lipinski definition) is 1. The van der Waals surface area contributed by atoms with Crippen molar-refractivity contribution in [1.82, 2.24) is 0 Å². The van der Waals surface area contributed by atoms with Gasteiger partial charge in [0.05, 0.1) is 5.02 Å². The normalized spacial score (nSPS) is 11.1. The van der Waals surface area contributed by atoms with E-state index in [1.54, 1.807) is 18.2 Å². The van der Waals surface area contributed by atoms with Crippen LogP contribution in [0.3, 0.4) is 0 Å². The minimum atomic E-state index is 0.147. The van der Waals surface area contributed by atoms with Crippen LogP contribution < -0.4 is 0 Å². The molecule has 0 heterocycles. The molecular formula is C15H12Cl2O. The van der Waals surface area contributed by atoms with E-state index in [1.165, 1.54) is 0 Å². The highest BCUT2D eigenvalue weighted by molar-refractivity contribution is 6.37. The molecule has 1 nitrogen and oxygen atoms in total. The van der Waals surface area contributed by atoms with Crippen LogP contribution in [0.1, 0.15) is 12.5 Å². The molecule has 0 atom stereocenters. The molecule has 0 amide bonds. The average molecular weight is 279 g/mol. The highest BCUT2D eigenvalue weighted by Crippen LogP contribution is 2.41. The zero-order valence-electron chi connectivity index (χ0n) is 9.82. The zero-order chi connectivity index (χ0) is 13.1. The maximum absolute atomic E-state index is 10.3. The first kappa shape index (κ1) is 13.0. The summed E-state index contributed by atoms with van der Waals surface area (Å²) in [5.41, 5.74) is 2.02. The first-order valence-corrected chi connectivity index (χ1v) is 6.29. The summed E-state index contributed by atoms with van der Waals surface area (Å²) in [5.74, 6) is 0.147. The Balaban J connectivity index is 2.71. The fourth-order valence-corrected chi connectivity index (χ4v) is 2.30. The van der Waals surface area contributed by atoms with E-state index in [0.29, 0.717) is 15.6 Å². The van der Waals surface area contributed by atoms with Gasteiger partial charge in [-0.05, 0) is 25.1 Å². The second kappa shape index (κ2) is 5.47. The van der Waals surface area contributed by atoms with Gasteiger partial charge in [-0.2, -0.15) is 0 Å². The van der Waals surface area contributed by atoms with Crippen molar-refractivity contribution in [2.24, 2.45) is 0 Å². The van der Waals surface area contributed by atoms with Crippen LogP contribution in [0.2, 0.25) is 10.0 Å². The molecule has 92 valence electrons. The monoisotopic (exact) mass is 278 g/mol. The largest absolute Gasteiger partial charge is 0.507 e. The summed E-state index contributed by atoms with van der Waals surface area (Å²) in [5, 5.41) is 11.3. The number of aromatic hydroxyl groups is 1. The maximum atomic E-state index is 10.3. The van der Waals surface area contributed by atoms with Gasteiger partial charge in [-0.15, -0.1) is 0 Å². The molecule has 2 aromatic rings. The van der Waals surface area contributed by atoms with Gasteiger partial charge in [-0.25, -0.2) is 0 Å². The molecule has 0 unspecified atom stereocenters. The van der Waals surface area contributed by atoms with Gasteiger partial charge in [0.2, 0.25) is 0 Å². The quantitative estimate of drug-likeness (QED) is 0.780. The molecule has 2 aromatic carbocycles. The Morgan fingerprint density at radius 3 is 2.39 bits per heavy atom. The smallest absolute Gasteiger partial charge is 0.132 e. The predicted octanol–water partition coefficient (Wildman–Crippen LogP) is 5.40. The van der Waals surface area contributed by atoms with Crippen LogP contribution in [-0.4, -0.2) is 5.11 Å². The standard InChI is InChI=1S/C15H12Cl2O/c1-2-5-10-8-9-13(17)14(15(10)18)11-6-3-4-7-12(11)16/h2-9,18H,1H3/b5-2+. The van der Waals surface area contributed by atoms with E-state index in [1.807, 2.05) is 37.3 Å². The van der Waals surface area contributed by atoms with E-state index >= 15 is 0 Å². The van der Waals surface area contributed by atoms with Gasteiger partial charge in [0.15, 0.2) is 0 Å². The van der Waals surface area contributed by atoms with E-state index < -0.39 is 0 Å². The highest BCUT2D eigenvalue weighted by Gasteiger charge is 2.14. The lowest BCUT2D eigenvalue weighted by Crippen LogP contribution is -1.85. The first-order chi connectivity index (χ1) is 8.65. The summed E-state index contributed by atoms with van der Waals surface area (Å²) in [4.78, 5) is 0. The number of phenols is 1. The lowest BCUT2D eigenvalue weighted by atomic mass is 10.0. The topological polar surface area (TPSA) is 20.2 Å². The molecule has 0 aromatic heterocycles. The number of hydrogen-bond acceptors (Lipinski definition) is 1. The van der Waals surface area contributed by atoms with Crippen molar-refractivity contribution in [1.29, 1.82) is 0 Å². The van der Waals surface area contributed by atoms with Crippen LogP contribution in [0, 0.1) is 0 Å². The van der Waals surface area contributed by atoms with Crippen LogP contribution in [0.4, 0.5) is 0 Å². The molecule has 18 heavy (non-hydrogen) atoms. The van der Waals surface area contributed by atoms with Gasteiger partial charge in [-0.1, -0.05) is 53.6 Å². The average Bonchev–Trinajstić information content (AvgIpc) is 2.35. The van der Waals surface area contributed by atoms with Crippen molar-refractivity contribution in [2.45, 2.75) is 6.92 Å². The Kier molecular flexibility index (Phi) is 3.95. The van der Waals surface area contributed by atoms with Crippen LogP contribution in [-0.2, 0) is 0 Å². The molecule has 0 aliphatic rings. The third-order valence-corrected chi connectivity index (χ3v) is 3.29. The molecule has 0 saturated carbocycles. The lowest BCUT2D eigenvalue weighted by molar-refractivity contribution is 0.476. The van der Waals surface area contributed by atoms with Gasteiger partial charge >= 0.3 is 0 Å². The van der Waals surface area contributed by atoms with Crippen molar-refractivity contribution in [3.05, 3.63) is 58.1 Å². The number of allylic oxidation sites excluding steroid dienone is 1. The van der Waals surface area contributed by atoms with Gasteiger partial charge < -0.3 is 5.11 Å². The summed E-state index contributed by atoms with van der Waals surface area (Å²) in [6.07, 6.45) is 3.69. The van der Waals surface area contributed by atoms with Crippen LogP contribution in [0.15, 0.2) is 42.5 Å². The third-order valence-electron chi connectivity index (χ3n) is 2.65. The molecule has 0 saturated heterocycles. The first-order valence-electron chi connectivity index (χ1n) is 5.54. The second-order valence-electron chi connectivity index (χ2n) is 3.84. The molecule has 3 heteroatoms. The molecule has 0 bridgehead atoms. The fourth-order valence-electron chi connectivity index (χ4n) is 1.82. The van der Waals surface area contributed by atoms with Crippen molar-refractivity contribution in [3.63, 3.8) is 0 Å². The van der Waals surface area contributed by atoms with E-state index in [2.05, 4.69) is 0 Å². The summed E-state index contributed by atoms with van der Waals surface area (Å²) >= 11 is 12.3. The Morgan fingerprint density at radius 2 is 1.72 bits per heavy atom. The van der Waals surface area contributed by atoms with Gasteiger partial charge in [0.25, 0.3) is 0 Å². The molecule has 0 spiro atoms. The summed E-state index contributed by atoms with van der Waals surface area (Å²) in [6.45, 7) is 1.89. The minimum absolute atomic E-state index is 0.147. The molecular weight excluding hydrogens is 267 g/mol. The number of benzene rings is 2. The summed E-state index contributed by atoms with van der Waals surface area (Å²) in [7, 11) is 0. The lowest BCUT2D eigenvalue weighted by Gasteiger charge is -2.11. The molecule has 1 N–H and O–H groups in total. The van der Waals surface area contributed by atoms with Crippen molar-refractivity contribution in [3.8, 4) is 16.9 Å². The Labute approximate surface area is 116 Å². The van der Waals surface area contributed by atoms with Gasteiger partial charge in [0, 0.05) is 21.7 Å². The highest BCUT2D eigenvalue weighted by atomic mass is 35.5. The third kappa shape index (κ3) is 2.38. The number of phenolic OH excluding ortho intramolecular Hbond substituents is 1. The van der Waals surface area contributed by atoms with E-state index in [9.17, 15) is 5.11 Å². The van der Waals surface area contributed by atoms with E-state index in [4.69, 9.17) is 23.2 Å². The number of halogens is 2. The van der Waals surface area contributed by atoms with Gasteiger partial charge in [0.1, 0.15) is 5.75 Å². The fraction of sp³-hybridized carbons (Fsp3) is 0.0667. The van der Waals surface area contributed by atoms with Crippen LogP contribution >= 0.6 is 23.2 Å². The summed E-state index contributed by atoms with van der Waals surface area (Å²) < 4.78 is 0. The predicted molar refractivity (Wildman–Crippen MR) is 78.3 cm³/mol. The minimum Gasteiger partial charge on any atom is -0.507 e. The van der Waals surface area contributed by atoms with E-state index in [0.717, 1.165) is 11.1 Å².